The van der Waals surface area contributed by atoms with Gasteiger partial charge >= 0.3 is 0 Å². The molecule has 1 nitrogen and oxygen atoms in total. The van der Waals surface area contributed by atoms with Crippen molar-refractivity contribution in [3.8, 4) is 0 Å². The second-order valence-electron chi connectivity index (χ2n) is 4.91. The van der Waals surface area contributed by atoms with E-state index in [1.54, 1.807) is 0 Å². The third kappa shape index (κ3) is 8.55. The normalized spacial score (nSPS) is 13.5. The zero-order valence-corrected chi connectivity index (χ0v) is 10.4. The molecule has 0 aromatic heterocycles. The number of rotatable bonds is 9. The average molecular weight is 199 g/mol. The van der Waals surface area contributed by atoms with Gasteiger partial charge in [0, 0.05) is 0 Å². The first-order valence-corrected chi connectivity index (χ1v) is 6.40. The van der Waals surface area contributed by atoms with Crippen LogP contribution in [0.5, 0.6) is 0 Å². The average Bonchev–Trinajstić information content (AvgIpc) is 2.12. The Kier molecular flexibility index (Phi) is 9.49. The van der Waals surface area contributed by atoms with Crippen LogP contribution in [0.2, 0.25) is 0 Å². The van der Waals surface area contributed by atoms with E-state index in [-0.39, 0.29) is 0 Å². The summed E-state index contributed by atoms with van der Waals surface area (Å²) in [6.45, 7) is 7.76. The third-order valence-corrected chi connectivity index (χ3v) is 2.92. The Morgan fingerprint density at radius 1 is 0.929 bits per heavy atom. The van der Waals surface area contributed by atoms with Gasteiger partial charge in [0.25, 0.3) is 0 Å². The van der Waals surface area contributed by atoms with Crippen LogP contribution in [0.1, 0.15) is 65.7 Å². The molecule has 0 fully saturated rings. The Morgan fingerprint density at radius 2 is 1.57 bits per heavy atom. The van der Waals surface area contributed by atoms with Gasteiger partial charge in [-0.25, -0.2) is 0 Å². The minimum absolute atomic E-state index is 0.870. The predicted octanol–water partition coefficient (Wildman–Crippen LogP) is 3.97. The summed E-state index contributed by atoms with van der Waals surface area (Å²) in [5.41, 5.74) is 5.61. The van der Waals surface area contributed by atoms with Crippen molar-refractivity contribution < 1.29 is 0 Å². The van der Waals surface area contributed by atoms with Crippen LogP contribution in [0.25, 0.3) is 0 Å². The fourth-order valence-electron chi connectivity index (χ4n) is 2.06. The SMILES string of the molecule is CCC[C@@H](CCN)CCCCC(C)C. The van der Waals surface area contributed by atoms with Crippen LogP contribution in [0.3, 0.4) is 0 Å². The molecule has 0 rings (SSSR count). The first kappa shape index (κ1) is 14.0. The van der Waals surface area contributed by atoms with E-state index in [2.05, 4.69) is 20.8 Å². The van der Waals surface area contributed by atoms with Crippen molar-refractivity contribution in [2.45, 2.75) is 65.7 Å². The maximum absolute atomic E-state index is 5.61. The lowest BCUT2D eigenvalue weighted by atomic mass is 9.92. The molecule has 2 N–H and O–H groups in total. The van der Waals surface area contributed by atoms with E-state index < -0.39 is 0 Å². The Labute approximate surface area is 90.5 Å². The highest BCUT2D eigenvalue weighted by Gasteiger charge is 2.06. The molecule has 1 heteroatoms. The number of hydrogen-bond donors (Lipinski definition) is 1. The van der Waals surface area contributed by atoms with Gasteiger partial charge in [0.05, 0.1) is 0 Å². The summed E-state index contributed by atoms with van der Waals surface area (Å²) < 4.78 is 0. The summed E-state index contributed by atoms with van der Waals surface area (Å²) >= 11 is 0. The van der Waals surface area contributed by atoms with Gasteiger partial charge in [-0.15, -0.1) is 0 Å². The van der Waals surface area contributed by atoms with E-state index in [9.17, 15) is 0 Å². The van der Waals surface area contributed by atoms with Crippen molar-refractivity contribution in [1.29, 1.82) is 0 Å². The molecule has 0 spiro atoms. The maximum atomic E-state index is 5.61. The third-order valence-electron chi connectivity index (χ3n) is 2.92. The lowest BCUT2D eigenvalue weighted by molar-refractivity contribution is 0.393. The molecule has 0 saturated heterocycles. The zero-order chi connectivity index (χ0) is 10.8. The molecule has 0 radical (unpaired) electrons. The van der Waals surface area contributed by atoms with Gasteiger partial charge < -0.3 is 5.73 Å². The summed E-state index contributed by atoms with van der Waals surface area (Å²) in [5.74, 6) is 1.77. The molecule has 1 atom stereocenters. The lowest BCUT2D eigenvalue weighted by Crippen LogP contribution is -2.08. The molecule has 0 aliphatic heterocycles. The second-order valence-corrected chi connectivity index (χ2v) is 4.91. The summed E-state index contributed by atoms with van der Waals surface area (Å²) in [5, 5.41) is 0. The van der Waals surface area contributed by atoms with E-state index in [0.717, 1.165) is 18.4 Å². The quantitative estimate of drug-likeness (QED) is 0.559. The minimum Gasteiger partial charge on any atom is -0.330 e. The Balaban J connectivity index is 3.40. The molecule has 0 aromatic carbocycles. The topological polar surface area (TPSA) is 26.0 Å². The van der Waals surface area contributed by atoms with Gasteiger partial charge in [-0.3, -0.25) is 0 Å². The van der Waals surface area contributed by atoms with Gasteiger partial charge in [0.1, 0.15) is 0 Å². The van der Waals surface area contributed by atoms with Crippen LogP contribution in [0.15, 0.2) is 0 Å². The van der Waals surface area contributed by atoms with Crippen molar-refractivity contribution in [1.82, 2.24) is 0 Å². The molecular weight excluding hydrogens is 170 g/mol. The van der Waals surface area contributed by atoms with E-state index in [1.807, 2.05) is 0 Å². The van der Waals surface area contributed by atoms with Crippen molar-refractivity contribution >= 4 is 0 Å². The number of nitrogens with two attached hydrogens (primary N) is 1. The highest BCUT2D eigenvalue weighted by atomic mass is 14.5. The first-order valence-electron chi connectivity index (χ1n) is 6.40. The highest BCUT2D eigenvalue weighted by molar-refractivity contribution is 4.60. The largest absolute Gasteiger partial charge is 0.330 e. The van der Waals surface area contributed by atoms with E-state index in [1.165, 1.54) is 44.9 Å². The standard InChI is InChI=1S/C13H29N/c1-4-7-13(10-11-14)9-6-5-8-12(2)3/h12-13H,4-11,14H2,1-3H3/t13-/m1/s1. The van der Waals surface area contributed by atoms with Gasteiger partial charge in [-0.2, -0.15) is 0 Å². The van der Waals surface area contributed by atoms with Crippen LogP contribution in [0.4, 0.5) is 0 Å². The van der Waals surface area contributed by atoms with Gasteiger partial charge in [-0.1, -0.05) is 59.3 Å². The second kappa shape index (κ2) is 9.51. The van der Waals surface area contributed by atoms with Crippen LogP contribution in [-0.2, 0) is 0 Å². The molecular formula is C13H29N. The van der Waals surface area contributed by atoms with E-state index in [4.69, 9.17) is 5.73 Å². The molecule has 14 heavy (non-hydrogen) atoms. The summed E-state index contributed by atoms with van der Waals surface area (Å²) in [6, 6.07) is 0. The highest BCUT2D eigenvalue weighted by Crippen LogP contribution is 2.19. The monoisotopic (exact) mass is 199 g/mol. The molecule has 0 aliphatic carbocycles. The lowest BCUT2D eigenvalue weighted by Gasteiger charge is -2.15. The fraction of sp³-hybridized carbons (Fsp3) is 1.00. The molecule has 0 unspecified atom stereocenters. The molecule has 0 aromatic rings. The molecule has 0 bridgehead atoms. The smallest absolute Gasteiger partial charge is 0.00746 e. The summed E-state index contributed by atoms with van der Waals surface area (Å²) in [4.78, 5) is 0. The van der Waals surface area contributed by atoms with Crippen molar-refractivity contribution in [2.24, 2.45) is 17.6 Å². The Morgan fingerprint density at radius 3 is 2.07 bits per heavy atom. The van der Waals surface area contributed by atoms with E-state index >= 15 is 0 Å². The first-order chi connectivity index (χ1) is 6.70. The van der Waals surface area contributed by atoms with Crippen LogP contribution in [-0.4, -0.2) is 6.54 Å². The van der Waals surface area contributed by atoms with Crippen molar-refractivity contribution in [2.75, 3.05) is 6.54 Å². The Bertz CT molecular complexity index is 104. The Hall–Kier alpha value is -0.0400. The van der Waals surface area contributed by atoms with E-state index in [0.29, 0.717) is 0 Å². The van der Waals surface area contributed by atoms with Gasteiger partial charge in [0.15, 0.2) is 0 Å². The minimum atomic E-state index is 0.870. The molecule has 86 valence electrons. The van der Waals surface area contributed by atoms with Crippen LogP contribution >= 0.6 is 0 Å². The molecule has 0 heterocycles. The maximum Gasteiger partial charge on any atom is -0.00746 e. The van der Waals surface area contributed by atoms with Gasteiger partial charge in [0.2, 0.25) is 0 Å². The van der Waals surface area contributed by atoms with Crippen molar-refractivity contribution in [3.05, 3.63) is 0 Å². The van der Waals surface area contributed by atoms with Crippen LogP contribution < -0.4 is 5.73 Å². The molecule has 0 amide bonds. The molecule has 0 saturated carbocycles. The zero-order valence-electron chi connectivity index (χ0n) is 10.4. The summed E-state index contributed by atoms with van der Waals surface area (Å²) in [6.07, 6.45) is 9.52. The number of hydrogen-bond acceptors (Lipinski definition) is 1. The van der Waals surface area contributed by atoms with Gasteiger partial charge in [-0.05, 0) is 24.8 Å². The summed E-state index contributed by atoms with van der Waals surface area (Å²) in [7, 11) is 0. The number of unbranched alkanes of at least 4 members (excludes halogenated alkanes) is 1. The predicted molar refractivity (Wildman–Crippen MR) is 65.4 cm³/mol. The van der Waals surface area contributed by atoms with Crippen molar-refractivity contribution in [3.63, 3.8) is 0 Å². The molecule has 0 aliphatic rings. The van der Waals surface area contributed by atoms with Crippen LogP contribution in [0, 0.1) is 11.8 Å². The fourth-order valence-corrected chi connectivity index (χ4v) is 2.06.